The molecule has 0 saturated carbocycles. The van der Waals surface area contributed by atoms with Crippen LogP contribution in [-0.4, -0.2) is 80.3 Å². The fourth-order valence-electron chi connectivity index (χ4n) is 4.98. The summed E-state index contributed by atoms with van der Waals surface area (Å²) in [6.07, 6.45) is 4.16. The molecule has 6 heterocycles. The minimum atomic E-state index is -4.44. The Bertz CT molecular complexity index is 1700. The number of nitrogens with zero attached hydrogens (tertiary/aromatic N) is 8. The molecule has 0 radical (unpaired) electrons. The molecule has 9 N–H and O–H groups in total. The quantitative estimate of drug-likeness (QED) is 0.126. The largest absolute Gasteiger partial charge is 0.403 e. The van der Waals surface area contributed by atoms with Crippen LogP contribution in [0.25, 0.3) is 22.3 Å². The lowest BCUT2D eigenvalue weighted by Crippen LogP contribution is -2.38. The summed E-state index contributed by atoms with van der Waals surface area (Å²) < 4.78 is 50.2. The van der Waals surface area contributed by atoms with E-state index in [4.69, 9.17) is 35.5 Å². The van der Waals surface area contributed by atoms with Crippen LogP contribution in [0.15, 0.2) is 25.3 Å². The van der Waals surface area contributed by atoms with Crippen molar-refractivity contribution in [3.8, 4) is 0 Å². The lowest BCUT2D eigenvalue weighted by Gasteiger charge is -2.23. The van der Waals surface area contributed by atoms with Crippen molar-refractivity contribution in [1.82, 2.24) is 44.1 Å². The highest BCUT2D eigenvalue weighted by Crippen LogP contribution is 2.44. The summed E-state index contributed by atoms with van der Waals surface area (Å²) in [5, 5.41) is 2.57. The van der Waals surface area contributed by atoms with Crippen LogP contribution in [0.2, 0.25) is 0 Å². The van der Waals surface area contributed by atoms with Gasteiger partial charge < -0.3 is 30.7 Å². The van der Waals surface area contributed by atoms with Gasteiger partial charge in [-0.1, -0.05) is 0 Å². The number of anilines is 2. The number of aromatic nitrogens is 8. The molecule has 7 atom stereocenters. The molecule has 6 rings (SSSR count). The molecule has 0 amide bonds. The summed E-state index contributed by atoms with van der Waals surface area (Å²) in [5.41, 5.74) is 18.5. The second-order valence-corrected chi connectivity index (χ2v) is 12.7. The Balaban J connectivity index is 1.11. The number of nitrogens with two attached hydrogens (primary N) is 3. The van der Waals surface area contributed by atoms with E-state index < -0.39 is 52.8 Å². The third kappa shape index (κ3) is 6.00. The van der Waals surface area contributed by atoms with E-state index in [-0.39, 0.29) is 24.7 Å². The van der Waals surface area contributed by atoms with Gasteiger partial charge in [0, 0.05) is 6.42 Å². The summed E-state index contributed by atoms with van der Waals surface area (Å²) in [4.78, 5) is 44.8. The lowest BCUT2D eigenvalue weighted by atomic mass is 10.1. The Morgan fingerprint density at radius 2 is 1.50 bits per heavy atom. The van der Waals surface area contributed by atoms with Gasteiger partial charge in [-0.3, -0.25) is 18.2 Å². The first-order chi connectivity index (χ1) is 20.0. The highest BCUT2D eigenvalue weighted by Gasteiger charge is 2.42. The third-order valence-corrected chi connectivity index (χ3v) is 8.58. The van der Waals surface area contributed by atoms with Crippen LogP contribution in [0.1, 0.15) is 31.7 Å². The van der Waals surface area contributed by atoms with Crippen molar-refractivity contribution in [2.75, 3.05) is 24.7 Å². The number of nitrogen functional groups attached to an aromatic ring is 2. The van der Waals surface area contributed by atoms with Gasteiger partial charge in [0.15, 0.2) is 22.9 Å². The highest BCUT2D eigenvalue weighted by atomic mass is 31.2. The number of ether oxygens (including phenoxy) is 2. The Hall–Kier alpha value is -3.16. The van der Waals surface area contributed by atoms with Gasteiger partial charge in [-0.15, -0.1) is 0 Å². The maximum atomic E-state index is 13.1. The zero-order valence-corrected chi connectivity index (χ0v) is 23.6. The smallest absolute Gasteiger partial charge is 0.382 e. The average Bonchev–Trinajstić information content (AvgIpc) is 3.71. The van der Waals surface area contributed by atoms with Crippen molar-refractivity contribution in [2.24, 2.45) is 5.50 Å². The Morgan fingerprint density at radius 3 is 2.12 bits per heavy atom. The standard InChI is InChI=1S/C20H28N12O8P2/c21-17-15-19(26-6-24-17)31(8-28-15)13-2-1-10(39-13)4-38-42(35,36)30-11-3-14(40-12(11)5-37-41(23,33)34)32-9-29-16-18(22)25-7-27-20(16)32/h6-14H,1-5H2,(H2,21,24,26)(H2,22,25,27)(H3,23,33,34)(H2,30,35,36)/t10-,11-,12+,13+,14+/m0/s1. The third-order valence-electron chi connectivity index (χ3n) is 6.90. The molecule has 226 valence electrons. The normalized spacial score (nSPS) is 27.5. The molecule has 2 saturated heterocycles. The van der Waals surface area contributed by atoms with Gasteiger partial charge in [0.2, 0.25) is 0 Å². The predicted octanol–water partition coefficient (Wildman–Crippen LogP) is -0.0534. The molecule has 4 aromatic rings. The van der Waals surface area contributed by atoms with Gasteiger partial charge >= 0.3 is 15.5 Å². The molecular formula is C20H28N12O8P2. The zero-order valence-electron chi connectivity index (χ0n) is 21.8. The summed E-state index contributed by atoms with van der Waals surface area (Å²) in [5.74, 6) is 0.413. The monoisotopic (exact) mass is 626 g/mol. The van der Waals surface area contributed by atoms with Crippen molar-refractivity contribution in [2.45, 2.75) is 50.0 Å². The van der Waals surface area contributed by atoms with Crippen LogP contribution >= 0.6 is 15.5 Å². The molecule has 22 heteroatoms. The minimum Gasteiger partial charge on any atom is -0.382 e. The number of hydrogen-bond donors (Lipinski definition) is 6. The number of nitrogens with one attached hydrogen (secondary N) is 1. The molecule has 20 nitrogen and oxygen atoms in total. The Kier molecular flexibility index (Phi) is 7.69. The first-order valence-electron chi connectivity index (χ1n) is 12.7. The Labute approximate surface area is 236 Å². The van der Waals surface area contributed by atoms with Gasteiger partial charge in [-0.05, 0) is 12.8 Å². The van der Waals surface area contributed by atoms with E-state index in [0.717, 1.165) is 0 Å². The van der Waals surface area contributed by atoms with Gasteiger partial charge in [-0.2, -0.15) is 0 Å². The summed E-state index contributed by atoms with van der Waals surface area (Å²) >= 11 is 0. The maximum Gasteiger partial charge on any atom is 0.403 e. The van der Waals surface area contributed by atoms with Crippen LogP contribution in [0.3, 0.4) is 0 Å². The highest BCUT2D eigenvalue weighted by molar-refractivity contribution is 7.50. The van der Waals surface area contributed by atoms with Crippen molar-refractivity contribution in [1.29, 1.82) is 0 Å². The molecule has 42 heavy (non-hydrogen) atoms. The molecule has 2 unspecified atom stereocenters. The molecule has 0 bridgehead atoms. The van der Waals surface area contributed by atoms with Crippen molar-refractivity contribution < 1.29 is 37.4 Å². The zero-order chi connectivity index (χ0) is 29.6. The molecule has 0 aromatic carbocycles. The van der Waals surface area contributed by atoms with Gasteiger partial charge in [0.25, 0.3) is 0 Å². The predicted molar refractivity (Wildman–Crippen MR) is 144 cm³/mol. The summed E-state index contributed by atoms with van der Waals surface area (Å²) in [6, 6.07) is -0.867. The molecule has 2 aliphatic rings. The summed E-state index contributed by atoms with van der Waals surface area (Å²) in [6.45, 7) is -0.654. The first kappa shape index (κ1) is 28.9. The van der Waals surface area contributed by atoms with Crippen LogP contribution in [-0.2, 0) is 27.7 Å². The second kappa shape index (κ2) is 11.2. The van der Waals surface area contributed by atoms with E-state index in [2.05, 4.69) is 35.0 Å². The van der Waals surface area contributed by atoms with E-state index in [1.807, 2.05) is 0 Å². The lowest BCUT2D eigenvalue weighted by molar-refractivity contribution is -0.0231. The molecule has 2 aliphatic heterocycles. The Morgan fingerprint density at radius 1 is 0.881 bits per heavy atom. The number of hydrogen-bond acceptors (Lipinski definition) is 14. The molecule has 0 spiro atoms. The minimum absolute atomic E-state index is 0.109. The van der Waals surface area contributed by atoms with Crippen LogP contribution in [0, 0.1) is 0 Å². The van der Waals surface area contributed by atoms with E-state index >= 15 is 0 Å². The van der Waals surface area contributed by atoms with E-state index in [1.165, 1.54) is 19.0 Å². The summed E-state index contributed by atoms with van der Waals surface area (Å²) in [7, 11) is -8.79. The number of fused-ring (bicyclic) bond motifs is 2. The molecule has 4 aromatic heterocycles. The molecular weight excluding hydrogens is 598 g/mol. The SMILES string of the molecule is Nc1ncnc2c1ncn2[C@H]1CC[C@@H](COP(=O)(O)N[C@H]2C[C@H](n3cnc4c(N)ncnc43)O[C@@H]2COP(N)(=O)O)O1. The number of imidazole rings is 2. The van der Waals surface area contributed by atoms with Crippen LogP contribution < -0.4 is 22.1 Å². The van der Waals surface area contributed by atoms with Crippen LogP contribution in [0.4, 0.5) is 11.6 Å². The molecule has 0 aliphatic carbocycles. The maximum absolute atomic E-state index is 13.1. The van der Waals surface area contributed by atoms with E-state index in [0.29, 0.717) is 35.2 Å². The topological polar surface area (TPSA) is 289 Å². The van der Waals surface area contributed by atoms with Gasteiger partial charge in [-0.25, -0.2) is 49.6 Å². The second-order valence-electron chi connectivity index (χ2n) is 9.73. The fourth-order valence-corrected chi connectivity index (χ4v) is 6.47. The van der Waals surface area contributed by atoms with E-state index in [9.17, 15) is 18.9 Å². The van der Waals surface area contributed by atoms with Crippen molar-refractivity contribution in [3.05, 3.63) is 25.3 Å². The van der Waals surface area contributed by atoms with E-state index in [1.54, 1.807) is 15.5 Å². The molecule has 2 fully saturated rings. The van der Waals surface area contributed by atoms with Gasteiger partial charge in [0.1, 0.15) is 36.1 Å². The van der Waals surface area contributed by atoms with Crippen molar-refractivity contribution in [3.63, 3.8) is 0 Å². The van der Waals surface area contributed by atoms with Gasteiger partial charge in [0.05, 0.1) is 44.1 Å². The van der Waals surface area contributed by atoms with Crippen molar-refractivity contribution >= 4 is 49.5 Å². The van der Waals surface area contributed by atoms with Crippen LogP contribution in [0.5, 0.6) is 0 Å². The average molecular weight is 626 g/mol. The first-order valence-corrected chi connectivity index (χ1v) is 15.9. The fraction of sp³-hybridized carbons (Fsp3) is 0.500. The number of rotatable bonds is 10.